The number of hydrogen-bond donors (Lipinski definition) is 2. The van der Waals surface area contributed by atoms with Crippen LogP contribution >= 0.6 is 24.8 Å². The van der Waals surface area contributed by atoms with Crippen molar-refractivity contribution in [3.05, 3.63) is 54.0 Å². The van der Waals surface area contributed by atoms with Crippen molar-refractivity contribution < 1.29 is 18.7 Å². The van der Waals surface area contributed by atoms with Crippen LogP contribution in [-0.2, 0) is 16.1 Å². The molecule has 0 aliphatic carbocycles. The number of halogens is 3. The van der Waals surface area contributed by atoms with E-state index in [4.69, 9.17) is 9.47 Å². The highest BCUT2D eigenvalue weighted by molar-refractivity contribution is 5.85. The average Bonchev–Trinajstić information content (AvgIpc) is 2.70. The number of carbonyl (C=O) groups is 1. The van der Waals surface area contributed by atoms with E-state index >= 15 is 0 Å². The topological polar surface area (TPSA) is 72.5 Å². The number of piperidine rings is 1. The van der Waals surface area contributed by atoms with E-state index in [0.29, 0.717) is 24.8 Å². The van der Waals surface area contributed by atoms with Crippen molar-refractivity contribution in [2.45, 2.75) is 19.4 Å². The van der Waals surface area contributed by atoms with Gasteiger partial charge in [0.15, 0.2) is 0 Å². The molecule has 0 radical (unpaired) electrons. The summed E-state index contributed by atoms with van der Waals surface area (Å²) >= 11 is 0. The molecule has 29 heavy (non-hydrogen) atoms. The molecular formula is C20H26Cl2FN3O3. The van der Waals surface area contributed by atoms with Gasteiger partial charge in [-0.3, -0.25) is 4.79 Å². The Morgan fingerprint density at radius 1 is 1.17 bits per heavy atom. The minimum absolute atomic E-state index is 0. The largest absolute Gasteiger partial charge is 0.439 e. The predicted molar refractivity (Wildman–Crippen MR) is 113 cm³/mol. The van der Waals surface area contributed by atoms with Gasteiger partial charge < -0.3 is 20.1 Å². The van der Waals surface area contributed by atoms with E-state index in [2.05, 4.69) is 15.6 Å². The number of aromatic nitrogens is 1. The molecule has 0 saturated carbocycles. The molecule has 6 nitrogen and oxygen atoms in total. The second kappa shape index (κ2) is 11.9. The Labute approximate surface area is 182 Å². The minimum atomic E-state index is -0.473. The second-order valence-electron chi connectivity index (χ2n) is 6.71. The predicted octanol–water partition coefficient (Wildman–Crippen LogP) is 3.49. The maximum absolute atomic E-state index is 12.9. The first kappa shape index (κ1) is 25.1. The molecule has 1 saturated heterocycles. The van der Waals surface area contributed by atoms with Crippen molar-refractivity contribution in [2.75, 3.05) is 26.8 Å². The molecular weight excluding hydrogens is 420 g/mol. The number of nitrogens with zero attached hydrogens (tertiary/aromatic N) is 1. The Kier molecular flexibility index (Phi) is 10.3. The summed E-state index contributed by atoms with van der Waals surface area (Å²) in [5.41, 5.74) is 0.398. The van der Waals surface area contributed by atoms with Gasteiger partial charge in [0.1, 0.15) is 11.6 Å². The lowest BCUT2D eigenvalue weighted by Gasteiger charge is -2.35. The lowest BCUT2D eigenvalue weighted by molar-refractivity contribution is -0.136. The van der Waals surface area contributed by atoms with Crippen LogP contribution in [0, 0.1) is 11.2 Å². The first-order chi connectivity index (χ1) is 13.1. The zero-order valence-corrected chi connectivity index (χ0v) is 17.8. The summed E-state index contributed by atoms with van der Waals surface area (Å²) in [6.07, 6.45) is 3.18. The zero-order chi connectivity index (χ0) is 19.1. The van der Waals surface area contributed by atoms with Crippen LogP contribution in [0.1, 0.15) is 18.4 Å². The van der Waals surface area contributed by atoms with E-state index in [-0.39, 0.29) is 36.5 Å². The van der Waals surface area contributed by atoms with Crippen molar-refractivity contribution in [1.82, 2.24) is 15.6 Å². The van der Waals surface area contributed by atoms with Crippen LogP contribution in [0.3, 0.4) is 0 Å². The van der Waals surface area contributed by atoms with E-state index in [9.17, 15) is 9.18 Å². The molecule has 0 bridgehead atoms. The number of rotatable bonds is 7. The van der Waals surface area contributed by atoms with Crippen LogP contribution in [0.5, 0.6) is 11.6 Å². The highest BCUT2D eigenvalue weighted by Crippen LogP contribution is 2.29. The lowest BCUT2D eigenvalue weighted by Crippen LogP contribution is -2.49. The Hall–Kier alpha value is -1.93. The Morgan fingerprint density at radius 2 is 1.86 bits per heavy atom. The van der Waals surface area contributed by atoms with Crippen LogP contribution < -0.4 is 15.4 Å². The second-order valence-corrected chi connectivity index (χ2v) is 6.71. The Balaban J connectivity index is 0.00000210. The third-order valence-corrected chi connectivity index (χ3v) is 4.75. The molecule has 1 aromatic carbocycles. The summed E-state index contributed by atoms with van der Waals surface area (Å²) in [5.74, 6) is 0.613. The van der Waals surface area contributed by atoms with Gasteiger partial charge in [0.25, 0.3) is 0 Å². The SMILES string of the molecule is COCC1(C(=O)NCc2ccc(Oc3ccc(F)cc3)nc2)CCNCC1.Cl.Cl. The van der Waals surface area contributed by atoms with Gasteiger partial charge in [-0.1, -0.05) is 6.07 Å². The van der Waals surface area contributed by atoms with Crippen molar-refractivity contribution in [2.24, 2.45) is 5.41 Å². The van der Waals surface area contributed by atoms with Gasteiger partial charge in [0.2, 0.25) is 11.8 Å². The number of ether oxygens (including phenoxy) is 2. The summed E-state index contributed by atoms with van der Waals surface area (Å²) in [5, 5.41) is 6.28. The van der Waals surface area contributed by atoms with Crippen molar-refractivity contribution in [1.29, 1.82) is 0 Å². The molecule has 0 atom stereocenters. The number of amides is 1. The van der Waals surface area contributed by atoms with Crippen molar-refractivity contribution in [3.63, 3.8) is 0 Å². The van der Waals surface area contributed by atoms with Crippen molar-refractivity contribution in [3.8, 4) is 11.6 Å². The number of nitrogens with one attached hydrogen (secondary N) is 2. The molecule has 0 spiro atoms. The quantitative estimate of drug-likeness (QED) is 0.682. The van der Waals surface area contributed by atoms with E-state index in [1.54, 1.807) is 31.5 Å². The van der Waals surface area contributed by atoms with E-state index in [1.165, 1.54) is 12.1 Å². The number of hydrogen-bond acceptors (Lipinski definition) is 5. The number of methoxy groups -OCH3 is 1. The monoisotopic (exact) mass is 445 g/mol. The fourth-order valence-corrected chi connectivity index (χ4v) is 3.19. The maximum Gasteiger partial charge on any atom is 0.228 e. The molecule has 2 N–H and O–H groups in total. The number of pyridine rings is 1. The fourth-order valence-electron chi connectivity index (χ4n) is 3.19. The molecule has 3 rings (SSSR count). The lowest BCUT2D eigenvalue weighted by atomic mass is 9.78. The number of benzene rings is 1. The van der Waals surface area contributed by atoms with Gasteiger partial charge in [0.05, 0.1) is 12.0 Å². The van der Waals surface area contributed by atoms with Gasteiger partial charge in [-0.25, -0.2) is 9.37 Å². The first-order valence-electron chi connectivity index (χ1n) is 8.98. The van der Waals surface area contributed by atoms with Gasteiger partial charge >= 0.3 is 0 Å². The molecule has 0 unspecified atom stereocenters. The van der Waals surface area contributed by atoms with Crippen LogP contribution in [0.25, 0.3) is 0 Å². The third-order valence-electron chi connectivity index (χ3n) is 4.75. The number of carbonyl (C=O) groups excluding carboxylic acids is 1. The molecule has 9 heteroatoms. The summed E-state index contributed by atoms with van der Waals surface area (Å²) in [6, 6.07) is 9.31. The standard InChI is InChI=1S/C20H24FN3O3.2ClH/c1-26-14-20(8-10-22-11-9-20)19(25)24-13-15-2-7-18(23-12-15)27-17-5-3-16(21)4-6-17;;/h2-7,12,22H,8-11,13-14H2,1H3,(H,24,25);2*1H. The molecule has 1 amide bonds. The van der Waals surface area contributed by atoms with Crippen LogP contribution in [0.15, 0.2) is 42.6 Å². The van der Waals surface area contributed by atoms with Crippen LogP contribution in [0.4, 0.5) is 4.39 Å². The molecule has 1 aromatic heterocycles. The summed E-state index contributed by atoms with van der Waals surface area (Å²) in [6.45, 7) is 2.44. The smallest absolute Gasteiger partial charge is 0.228 e. The van der Waals surface area contributed by atoms with E-state index in [0.717, 1.165) is 31.5 Å². The molecule has 1 aliphatic heterocycles. The summed E-state index contributed by atoms with van der Waals surface area (Å²) < 4.78 is 23.8. The summed E-state index contributed by atoms with van der Waals surface area (Å²) in [7, 11) is 1.63. The zero-order valence-electron chi connectivity index (χ0n) is 16.2. The van der Waals surface area contributed by atoms with Gasteiger partial charge in [-0.05, 0) is 55.8 Å². The molecule has 1 fully saturated rings. The molecule has 160 valence electrons. The summed E-state index contributed by atoms with van der Waals surface area (Å²) in [4.78, 5) is 17.0. The van der Waals surface area contributed by atoms with E-state index in [1.807, 2.05) is 6.07 Å². The van der Waals surface area contributed by atoms with Gasteiger partial charge in [0, 0.05) is 25.9 Å². The van der Waals surface area contributed by atoms with Crippen LogP contribution in [-0.4, -0.2) is 37.7 Å². The van der Waals surface area contributed by atoms with Crippen molar-refractivity contribution >= 4 is 30.7 Å². The Morgan fingerprint density at radius 3 is 2.45 bits per heavy atom. The molecule has 1 aliphatic rings. The van der Waals surface area contributed by atoms with Gasteiger partial charge in [-0.2, -0.15) is 0 Å². The first-order valence-corrected chi connectivity index (χ1v) is 8.98. The third kappa shape index (κ3) is 6.82. The van der Waals surface area contributed by atoms with Gasteiger partial charge in [-0.15, -0.1) is 24.8 Å². The minimum Gasteiger partial charge on any atom is -0.439 e. The molecule has 2 heterocycles. The fraction of sp³-hybridized carbons (Fsp3) is 0.400. The average molecular weight is 446 g/mol. The maximum atomic E-state index is 12.9. The van der Waals surface area contributed by atoms with Crippen LogP contribution in [0.2, 0.25) is 0 Å². The highest BCUT2D eigenvalue weighted by Gasteiger charge is 2.39. The molecule has 2 aromatic rings. The Bertz CT molecular complexity index is 749. The van der Waals surface area contributed by atoms with E-state index < -0.39 is 5.41 Å². The normalized spacial score (nSPS) is 14.8. The highest BCUT2D eigenvalue weighted by atomic mass is 35.5.